The maximum absolute atomic E-state index is 12.4. The first-order valence-corrected chi connectivity index (χ1v) is 9.64. The van der Waals surface area contributed by atoms with Crippen molar-refractivity contribution in [2.75, 3.05) is 5.75 Å². The monoisotopic (exact) mass is 376 g/mol. The minimum atomic E-state index is -3.34. The van der Waals surface area contributed by atoms with Crippen LogP contribution < -0.4 is 10.8 Å². The molecule has 1 atom stereocenters. The fraction of sp³-hybridized carbons (Fsp3) is 0.222. The van der Waals surface area contributed by atoms with E-state index < -0.39 is 21.8 Å². The van der Waals surface area contributed by atoms with Crippen LogP contribution in [0.2, 0.25) is 0 Å². The Bertz CT molecular complexity index is 864. The highest BCUT2D eigenvalue weighted by atomic mass is 32.2. The average molecular weight is 376 g/mol. The lowest BCUT2D eigenvalue weighted by molar-refractivity contribution is -0.129. The average Bonchev–Trinajstić information content (AvgIpc) is 2.68. The van der Waals surface area contributed by atoms with Crippen LogP contribution in [0.1, 0.15) is 35.3 Å². The summed E-state index contributed by atoms with van der Waals surface area (Å²) in [5.74, 6) is -1.08. The van der Waals surface area contributed by atoms with Crippen LogP contribution in [0.4, 0.5) is 0 Å². The second kappa shape index (κ2) is 8.59. The van der Waals surface area contributed by atoms with Crippen molar-refractivity contribution in [3.8, 4) is 0 Å². The van der Waals surface area contributed by atoms with Crippen molar-refractivity contribution in [3.63, 3.8) is 0 Å². The van der Waals surface area contributed by atoms with Crippen LogP contribution in [0, 0.1) is 0 Å². The van der Waals surface area contributed by atoms with Crippen LogP contribution in [-0.4, -0.2) is 31.2 Å². The minimum absolute atomic E-state index is 0.0204. The van der Waals surface area contributed by atoms with E-state index in [1.807, 2.05) is 0 Å². The Morgan fingerprint density at radius 1 is 1.04 bits per heavy atom. The van der Waals surface area contributed by atoms with Gasteiger partial charge in [-0.05, 0) is 29.8 Å². The van der Waals surface area contributed by atoms with Gasteiger partial charge in [0.1, 0.15) is 0 Å². The van der Waals surface area contributed by atoms with E-state index in [0.29, 0.717) is 11.1 Å². The van der Waals surface area contributed by atoms with Crippen molar-refractivity contribution in [1.82, 2.24) is 10.8 Å². The lowest BCUT2D eigenvalue weighted by atomic mass is 10.0. The smallest absolute Gasteiger partial charge is 0.251 e. The van der Waals surface area contributed by atoms with Crippen LogP contribution in [0.25, 0.3) is 0 Å². The highest BCUT2D eigenvalue weighted by Gasteiger charge is 2.20. The molecule has 0 bridgehead atoms. The molecule has 0 unspecified atom stereocenters. The Kier molecular flexibility index (Phi) is 6.48. The number of rotatable bonds is 7. The van der Waals surface area contributed by atoms with E-state index >= 15 is 0 Å². The number of sulfone groups is 1. The van der Waals surface area contributed by atoms with Gasteiger partial charge in [-0.3, -0.25) is 14.8 Å². The first-order valence-electron chi connectivity index (χ1n) is 7.99. The normalized spacial score (nSPS) is 12.2. The van der Waals surface area contributed by atoms with Gasteiger partial charge in [0.15, 0.2) is 9.84 Å². The molecule has 7 nitrogen and oxygen atoms in total. The Hall–Kier alpha value is -2.71. The van der Waals surface area contributed by atoms with Gasteiger partial charge in [0.05, 0.1) is 23.1 Å². The third kappa shape index (κ3) is 4.90. The number of benzene rings is 2. The lowest BCUT2D eigenvalue weighted by Gasteiger charge is -2.19. The van der Waals surface area contributed by atoms with E-state index in [-0.39, 0.29) is 23.0 Å². The first-order chi connectivity index (χ1) is 12.4. The zero-order chi connectivity index (χ0) is 19.2. The fourth-order valence-electron chi connectivity index (χ4n) is 2.39. The van der Waals surface area contributed by atoms with E-state index in [0.717, 1.165) is 0 Å². The Morgan fingerprint density at radius 3 is 2.19 bits per heavy atom. The predicted molar refractivity (Wildman–Crippen MR) is 95.4 cm³/mol. The van der Waals surface area contributed by atoms with Gasteiger partial charge in [-0.15, -0.1) is 0 Å². The molecule has 3 N–H and O–H groups in total. The van der Waals surface area contributed by atoms with Crippen molar-refractivity contribution in [1.29, 1.82) is 0 Å². The molecule has 2 rings (SSSR count). The molecule has 26 heavy (non-hydrogen) atoms. The lowest BCUT2D eigenvalue weighted by Crippen LogP contribution is -2.33. The molecule has 2 aromatic rings. The summed E-state index contributed by atoms with van der Waals surface area (Å²) in [4.78, 5) is 24.1. The van der Waals surface area contributed by atoms with Crippen LogP contribution in [-0.2, 0) is 14.6 Å². The van der Waals surface area contributed by atoms with E-state index in [2.05, 4.69) is 5.32 Å². The van der Waals surface area contributed by atoms with Gasteiger partial charge >= 0.3 is 0 Å². The van der Waals surface area contributed by atoms with E-state index in [1.54, 1.807) is 49.4 Å². The molecule has 8 heteroatoms. The summed E-state index contributed by atoms with van der Waals surface area (Å²) in [7, 11) is -3.34. The molecule has 138 valence electrons. The third-order valence-electron chi connectivity index (χ3n) is 3.88. The van der Waals surface area contributed by atoms with E-state index in [1.165, 1.54) is 17.6 Å². The van der Waals surface area contributed by atoms with Gasteiger partial charge in [0, 0.05) is 5.56 Å². The Labute approximate surface area is 151 Å². The standard InChI is InChI=1S/C18H20N2O5S/c1-2-26(24,25)15-10-8-13(9-11-15)16(12-17(21)20-23)19-18(22)14-6-4-3-5-7-14/h3-11,16,23H,2,12H2,1H3,(H,19,22)(H,20,21)/t16-/m0/s1. The SMILES string of the molecule is CCS(=O)(=O)c1ccc([C@H](CC(=O)NO)NC(=O)c2ccccc2)cc1. The number of hydrogen-bond acceptors (Lipinski definition) is 5. The molecule has 0 aliphatic heterocycles. The van der Waals surface area contributed by atoms with Gasteiger partial charge in [0.2, 0.25) is 5.91 Å². The largest absolute Gasteiger partial charge is 0.345 e. The third-order valence-corrected chi connectivity index (χ3v) is 5.63. The van der Waals surface area contributed by atoms with Crippen molar-refractivity contribution >= 4 is 21.7 Å². The summed E-state index contributed by atoms with van der Waals surface area (Å²) >= 11 is 0. The molecule has 0 heterocycles. The number of hydrogen-bond donors (Lipinski definition) is 3. The molecule has 2 amide bonds. The molecule has 0 saturated carbocycles. The molecule has 0 saturated heterocycles. The Morgan fingerprint density at radius 2 is 1.65 bits per heavy atom. The second-order valence-electron chi connectivity index (χ2n) is 5.60. The van der Waals surface area contributed by atoms with Crippen molar-refractivity contribution < 1.29 is 23.2 Å². The molecule has 0 radical (unpaired) electrons. The maximum Gasteiger partial charge on any atom is 0.251 e. The summed E-state index contributed by atoms with van der Waals surface area (Å²) in [5, 5.41) is 11.5. The van der Waals surface area contributed by atoms with E-state index in [9.17, 15) is 18.0 Å². The predicted octanol–water partition coefficient (Wildman–Crippen LogP) is 1.85. The molecular formula is C18H20N2O5S. The highest BCUT2D eigenvalue weighted by molar-refractivity contribution is 7.91. The van der Waals surface area contributed by atoms with E-state index in [4.69, 9.17) is 5.21 Å². The molecule has 0 aliphatic rings. The van der Waals surface area contributed by atoms with Gasteiger partial charge in [-0.1, -0.05) is 37.3 Å². The zero-order valence-electron chi connectivity index (χ0n) is 14.2. The minimum Gasteiger partial charge on any atom is -0.345 e. The van der Waals surface area contributed by atoms with Gasteiger partial charge in [-0.25, -0.2) is 13.9 Å². The fourth-order valence-corrected chi connectivity index (χ4v) is 3.27. The molecule has 0 aliphatic carbocycles. The summed E-state index contributed by atoms with van der Waals surface area (Å²) in [6.45, 7) is 1.55. The summed E-state index contributed by atoms with van der Waals surface area (Å²) in [6, 6.07) is 13.7. The topological polar surface area (TPSA) is 113 Å². The molecule has 2 aromatic carbocycles. The molecule has 0 spiro atoms. The van der Waals surface area contributed by atoms with Crippen molar-refractivity contribution in [3.05, 3.63) is 65.7 Å². The Balaban J connectivity index is 2.27. The van der Waals surface area contributed by atoms with Gasteiger partial charge < -0.3 is 5.32 Å². The van der Waals surface area contributed by atoms with Crippen LogP contribution in [0.5, 0.6) is 0 Å². The summed E-state index contributed by atoms with van der Waals surface area (Å²) in [5.41, 5.74) is 2.51. The van der Waals surface area contributed by atoms with Gasteiger partial charge in [-0.2, -0.15) is 0 Å². The molecule has 0 fully saturated rings. The molecular weight excluding hydrogens is 356 g/mol. The quantitative estimate of drug-likeness (QED) is 0.504. The summed E-state index contributed by atoms with van der Waals surface area (Å²) in [6.07, 6.45) is -0.199. The number of amides is 2. The number of nitrogens with one attached hydrogen (secondary N) is 2. The van der Waals surface area contributed by atoms with Crippen LogP contribution >= 0.6 is 0 Å². The van der Waals surface area contributed by atoms with Crippen LogP contribution in [0.3, 0.4) is 0 Å². The number of carbonyl (C=O) groups is 2. The second-order valence-corrected chi connectivity index (χ2v) is 7.88. The maximum atomic E-state index is 12.4. The highest BCUT2D eigenvalue weighted by Crippen LogP contribution is 2.21. The molecule has 0 aromatic heterocycles. The summed E-state index contributed by atoms with van der Waals surface area (Å²) < 4.78 is 23.8. The number of carbonyl (C=O) groups excluding carboxylic acids is 2. The zero-order valence-corrected chi connectivity index (χ0v) is 15.0. The van der Waals surface area contributed by atoms with Crippen molar-refractivity contribution in [2.24, 2.45) is 0 Å². The first kappa shape index (κ1) is 19.6. The van der Waals surface area contributed by atoms with Crippen LogP contribution in [0.15, 0.2) is 59.5 Å². The number of hydroxylamine groups is 1. The van der Waals surface area contributed by atoms with Gasteiger partial charge in [0.25, 0.3) is 5.91 Å². The van der Waals surface area contributed by atoms with Crippen molar-refractivity contribution in [2.45, 2.75) is 24.3 Å².